The molecule has 0 saturated carbocycles. The van der Waals surface area contributed by atoms with E-state index in [0.29, 0.717) is 0 Å². The van der Waals surface area contributed by atoms with Gasteiger partial charge in [-0.3, -0.25) is 0 Å². The first kappa shape index (κ1) is 27.4. The molecule has 3 rings (SSSR count). The molecule has 0 nitrogen and oxygen atoms in total. The molecule has 0 aliphatic rings. The van der Waals surface area contributed by atoms with Crippen LogP contribution in [0, 0.1) is 6.92 Å². The number of hydrogen-bond acceptors (Lipinski definition) is 0. The van der Waals surface area contributed by atoms with Crippen molar-refractivity contribution in [3.05, 3.63) is 84.4 Å². The Morgan fingerprint density at radius 3 is 1.43 bits per heavy atom. The number of benzene rings is 1. The van der Waals surface area contributed by atoms with Crippen molar-refractivity contribution >= 4 is 9.52 Å². The molecule has 0 N–H and O–H groups in total. The molecule has 0 heterocycles. The van der Waals surface area contributed by atoms with Crippen LogP contribution in [0.3, 0.4) is 0 Å². The van der Waals surface area contributed by atoms with Gasteiger partial charge >= 0.3 is 26.2 Å². The van der Waals surface area contributed by atoms with E-state index >= 15 is 0 Å². The molecule has 0 aromatic heterocycles. The minimum Gasteiger partial charge on any atom is -1.00 e. The monoisotopic (exact) mass is 439 g/mol. The molecule has 0 saturated heterocycles. The standard InChI is InChI=1S/C11H9.C6H7.C2H7Si.2ClH.Zr/c1-2-6-10(7-3-1)11-8-4-5-9-11;1-6-4-2-3-5-6;1-3-2;;;/h1-9H;2-5H,1H3;3H,1-2H3;2*1H;/q2*-1;;;;+4/p-2. The number of aryl methyl sites for hydroxylation is 1. The molecular weight excluding hydrogens is 418 g/mol. The predicted molar refractivity (Wildman–Crippen MR) is 93.1 cm³/mol. The molecule has 0 unspecified atom stereocenters. The molecular formula is C19H23Cl2SiZr. The molecule has 1 radical (unpaired) electrons. The molecule has 23 heavy (non-hydrogen) atoms. The van der Waals surface area contributed by atoms with E-state index in [1.54, 1.807) is 0 Å². The van der Waals surface area contributed by atoms with E-state index in [-0.39, 0.29) is 51.0 Å². The molecule has 0 fully saturated rings. The van der Waals surface area contributed by atoms with Crippen LogP contribution in [-0.2, 0) is 26.2 Å². The molecule has 0 bridgehead atoms. The smallest absolute Gasteiger partial charge is 1.00 e. The second-order valence-electron chi connectivity index (χ2n) is 4.58. The Bertz CT molecular complexity index is 534. The quantitative estimate of drug-likeness (QED) is 0.347. The third-order valence-electron chi connectivity index (χ3n) is 2.60. The maximum atomic E-state index is 2.21. The van der Waals surface area contributed by atoms with Crippen molar-refractivity contribution in [1.82, 2.24) is 0 Å². The van der Waals surface area contributed by atoms with E-state index in [1.165, 1.54) is 16.7 Å². The molecule has 0 atom stereocenters. The Morgan fingerprint density at radius 1 is 0.696 bits per heavy atom. The summed E-state index contributed by atoms with van der Waals surface area (Å²) in [7, 11) is 0.750. The summed E-state index contributed by atoms with van der Waals surface area (Å²) < 4.78 is 0. The van der Waals surface area contributed by atoms with Crippen molar-refractivity contribution in [3.63, 3.8) is 0 Å². The summed E-state index contributed by atoms with van der Waals surface area (Å²) >= 11 is 0. The Hall–Kier alpha value is -0.400. The molecule has 121 valence electrons. The zero-order valence-corrected chi connectivity index (χ0v) is 19.0. The zero-order chi connectivity index (χ0) is 14.6. The van der Waals surface area contributed by atoms with Crippen molar-refractivity contribution in [3.8, 4) is 11.1 Å². The maximum absolute atomic E-state index is 2.21. The van der Waals surface area contributed by atoms with Crippen molar-refractivity contribution in [2.75, 3.05) is 0 Å². The first-order valence-electron chi connectivity index (χ1n) is 6.97. The van der Waals surface area contributed by atoms with Gasteiger partial charge in [0.25, 0.3) is 0 Å². The van der Waals surface area contributed by atoms with Gasteiger partial charge in [-0.1, -0.05) is 43.8 Å². The Balaban J connectivity index is -0.000000291. The van der Waals surface area contributed by atoms with Crippen LogP contribution in [0.15, 0.2) is 78.9 Å². The molecule has 3 aromatic carbocycles. The third kappa shape index (κ3) is 12.7. The number of hydrogen-bond donors (Lipinski definition) is 0. The first-order chi connectivity index (χ1) is 9.77. The predicted octanol–water partition coefficient (Wildman–Crippen LogP) is -0.689. The van der Waals surface area contributed by atoms with Crippen LogP contribution in [0.25, 0.3) is 11.1 Å². The van der Waals surface area contributed by atoms with E-state index < -0.39 is 0 Å². The minimum absolute atomic E-state index is 0. The first-order valence-corrected chi connectivity index (χ1v) is 9.28. The third-order valence-corrected chi connectivity index (χ3v) is 2.60. The van der Waals surface area contributed by atoms with Crippen molar-refractivity contribution in [1.29, 1.82) is 0 Å². The molecule has 0 aliphatic carbocycles. The van der Waals surface area contributed by atoms with Crippen LogP contribution in [0.2, 0.25) is 13.1 Å². The summed E-state index contributed by atoms with van der Waals surface area (Å²) in [5, 5.41) is 0. The van der Waals surface area contributed by atoms with E-state index in [0.717, 1.165) is 9.52 Å². The average molecular weight is 442 g/mol. The molecule has 0 spiro atoms. The largest absolute Gasteiger partial charge is 4.00 e. The summed E-state index contributed by atoms with van der Waals surface area (Å²) in [6, 6.07) is 27.0. The Morgan fingerprint density at radius 2 is 1.09 bits per heavy atom. The minimum atomic E-state index is 0. The summed E-state index contributed by atoms with van der Waals surface area (Å²) in [5.74, 6) is 0. The van der Waals surface area contributed by atoms with Gasteiger partial charge in [0.15, 0.2) is 0 Å². The van der Waals surface area contributed by atoms with E-state index in [2.05, 4.69) is 80.7 Å². The Kier molecular flexibility index (Phi) is 21.4. The van der Waals surface area contributed by atoms with Gasteiger partial charge in [-0.05, 0) is 0 Å². The Labute approximate surface area is 175 Å². The van der Waals surface area contributed by atoms with Gasteiger partial charge in [0.2, 0.25) is 0 Å². The van der Waals surface area contributed by atoms with Gasteiger partial charge < -0.3 is 24.8 Å². The van der Waals surface area contributed by atoms with E-state index in [9.17, 15) is 0 Å². The van der Waals surface area contributed by atoms with Gasteiger partial charge in [0.05, 0.1) is 0 Å². The second kappa shape index (κ2) is 17.9. The van der Waals surface area contributed by atoms with Crippen molar-refractivity contribution < 1.29 is 51.0 Å². The molecule has 0 aliphatic heterocycles. The van der Waals surface area contributed by atoms with Crippen LogP contribution in [0.1, 0.15) is 5.56 Å². The van der Waals surface area contributed by atoms with Gasteiger partial charge in [0, 0.05) is 9.52 Å². The summed E-state index contributed by atoms with van der Waals surface area (Å²) in [6.07, 6.45) is 0. The van der Waals surface area contributed by atoms with Gasteiger partial charge in [0.1, 0.15) is 0 Å². The summed E-state index contributed by atoms with van der Waals surface area (Å²) in [6.45, 7) is 6.50. The fourth-order valence-electron chi connectivity index (χ4n) is 1.67. The van der Waals surface area contributed by atoms with Crippen LogP contribution < -0.4 is 24.8 Å². The van der Waals surface area contributed by atoms with Crippen molar-refractivity contribution in [2.24, 2.45) is 0 Å². The SMILES string of the molecule is C[SiH]C.C[c-]1cccc1.[Cl-].[Cl-].[Zr+4].c1ccc(-[c-]2cccc2)cc1. The van der Waals surface area contributed by atoms with Gasteiger partial charge in [-0.2, -0.15) is 29.8 Å². The van der Waals surface area contributed by atoms with E-state index in [1.807, 2.05) is 18.2 Å². The number of halogens is 2. The fourth-order valence-corrected chi connectivity index (χ4v) is 1.67. The number of rotatable bonds is 1. The summed E-state index contributed by atoms with van der Waals surface area (Å²) in [5.41, 5.74) is 3.93. The molecule has 3 aromatic rings. The van der Waals surface area contributed by atoms with Crippen LogP contribution in [-0.4, -0.2) is 9.52 Å². The topological polar surface area (TPSA) is 0 Å². The van der Waals surface area contributed by atoms with Crippen LogP contribution in [0.4, 0.5) is 0 Å². The molecule has 4 heteroatoms. The van der Waals surface area contributed by atoms with Gasteiger partial charge in [-0.25, -0.2) is 12.1 Å². The van der Waals surface area contributed by atoms with Crippen LogP contribution >= 0.6 is 0 Å². The maximum Gasteiger partial charge on any atom is 4.00 e. The second-order valence-corrected chi connectivity index (χ2v) is 5.73. The van der Waals surface area contributed by atoms with Crippen LogP contribution in [0.5, 0.6) is 0 Å². The van der Waals surface area contributed by atoms with E-state index in [4.69, 9.17) is 0 Å². The summed E-state index contributed by atoms with van der Waals surface area (Å²) in [4.78, 5) is 0. The van der Waals surface area contributed by atoms with Gasteiger partial charge in [-0.15, -0.1) is 29.8 Å². The molecule has 0 amide bonds. The average Bonchev–Trinajstić information content (AvgIpc) is 3.14. The fraction of sp³-hybridized carbons (Fsp3) is 0.158. The normalized spacial score (nSPS) is 7.78. The van der Waals surface area contributed by atoms with Crippen molar-refractivity contribution in [2.45, 2.75) is 20.0 Å². The zero-order valence-electron chi connectivity index (χ0n) is 13.8.